The van der Waals surface area contributed by atoms with Crippen molar-refractivity contribution in [3.8, 4) is 0 Å². The predicted octanol–water partition coefficient (Wildman–Crippen LogP) is 2.76. The molecule has 1 fully saturated rings. The Bertz CT molecular complexity index is 686. The third-order valence-corrected chi connectivity index (χ3v) is 4.64. The minimum absolute atomic E-state index is 0.0147. The van der Waals surface area contributed by atoms with Crippen LogP contribution in [-0.4, -0.2) is 33.4 Å². The van der Waals surface area contributed by atoms with Crippen LogP contribution in [0.1, 0.15) is 43.3 Å². The van der Waals surface area contributed by atoms with Gasteiger partial charge in [-0.15, -0.1) is 5.10 Å². The topological polar surface area (TPSA) is 79.9 Å². The Morgan fingerprint density at radius 2 is 2.29 bits per heavy atom. The molecule has 1 aromatic carbocycles. The van der Waals surface area contributed by atoms with E-state index >= 15 is 0 Å². The lowest BCUT2D eigenvalue weighted by molar-refractivity contribution is -0.119. The summed E-state index contributed by atoms with van der Waals surface area (Å²) >= 11 is 1.27. The molecule has 0 aliphatic carbocycles. The van der Waals surface area contributed by atoms with Gasteiger partial charge in [0.05, 0.1) is 11.8 Å². The molecule has 0 bridgehead atoms. The molecule has 1 aromatic heterocycles. The van der Waals surface area contributed by atoms with Crippen LogP contribution in [0.3, 0.4) is 0 Å². The number of H-pyrrole nitrogens is 1. The highest BCUT2D eigenvalue weighted by molar-refractivity contribution is 7.99. The zero-order valence-corrected chi connectivity index (χ0v) is 14.1. The summed E-state index contributed by atoms with van der Waals surface area (Å²) in [5, 5.41) is 10.4. The molecule has 0 saturated carbocycles. The fourth-order valence-electron chi connectivity index (χ4n) is 2.51. The van der Waals surface area contributed by atoms with E-state index < -0.39 is 0 Å². The van der Waals surface area contributed by atoms with Gasteiger partial charge in [0.15, 0.2) is 5.82 Å². The van der Waals surface area contributed by atoms with Gasteiger partial charge in [-0.25, -0.2) is 9.37 Å². The first kappa shape index (κ1) is 16.9. The lowest BCUT2D eigenvalue weighted by Gasteiger charge is -2.13. The maximum Gasteiger partial charge on any atom is 0.230 e. The molecule has 1 aliphatic rings. The van der Waals surface area contributed by atoms with Crippen LogP contribution in [-0.2, 0) is 9.53 Å². The number of hydrogen-bond donors (Lipinski definition) is 2. The van der Waals surface area contributed by atoms with Crippen molar-refractivity contribution in [1.29, 1.82) is 0 Å². The number of benzene rings is 1. The van der Waals surface area contributed by atoms with Crippen LogP contribution in [0, 0.1) is 5.82 Å². The highest BCUT2D eigenvalue weighted by Gasteiger charge is 2.21. The van der Waals surface area contributed by atoms with E-state index in [0.29, 0.717) is 5.16 Å². The van der Waals surface area contributed by atoms with E-state index in [2.05, 4.69) is 20.5 Å². The summed E-state index contributed by atoms with van der Waals surface area (Å²) in [7, 11) is 0. The van der Waals surface area contributed by atoms with Crippen LogP contribution in [0.25, 0.3) is 0 Å². The molecule has 2 heterocycles. The largest absolute Gasteiger partial charge is 0.370 e. The molecule has 6 nitrogen and oxygen atoms in total. The van der Waals surface area contributed by atoms with E-state index in [9.17, 15) is 9.18 Å². The maximum atomic E-state index is 12.9. The molecule has 1 amide bonds. The summed E-state index contributed by atoms with van der Waals surface area (Å²) in [5.41, 5.74) is 0.855. The Kier molecular flexibility index (Phi) is 5.47. The second-order valence-electron chi connectivity index (χ2n) is 5.63. The average Bonchev–Trinajstić information content (AvgIpc) is 3.25. The number of nitrogens with zero attached hydrogens (tertiary/aromatic N) is 2. The Balaban J connectivity index is 1.47. The molecule has 0 unspecified atom stereocenters. The summed E-state index contributed by atoms with van der Waals surface area (Å²) in [6.07, 6.45) is 1.95. The summed E-state index contributed by atoms with van der Waals surface area (Å²) in [4.78, 5) is 16.4. The van der Waals surface area contributed by atoms with Crippen LogP contribution in [0.5, 0.6) is 0 Å². The van der Waals surface area contributed by atoms with Gasteiger partial charge in [-0.2, -0.15) is 0 Å². The number of nitrogens with one attached hydrogen (secondary N) is 2. The number of hydrogen-bond acceptors (Lipinski definition) is 5. The van der Waals surface area contributed by atoms with Crippen molar-refractivity contribution in [3.05, 3.63) is 41.5 Å². The predicted molar refractivity (Wildman–Crippen MR) is 88.0 cm³/mol. The number of ether oxygens (including phenoxy) is 1. The van der Waals surface area contributed by atoms with E-state index in [-0.39, 0.29) is 29.6 Å². The van der Waals surface area contributed by atoms with Crippen molar-refractivity contribution in [1.82, 2.24) is 20.5 Å². The Hall–Kier alpha value is -1.93. The van der Waals surface area contributed by atoms with Gasteiger partial charge in [-0.3, -0.25) is 9.89 Å². The van der Waals surface area contributed by atoms with Gasteiger partial charge in [-0.1, -0.05) is 23.9 Å². The third kappa shape index (κ3) is 4.33. The molecule has 8 heteroatoms. The Morgan fingerprint density at radius 3 is 3.00 bits per heavy atom. The van der Waals surface area contributed by atoms with Crippen molar-refractivity contribution < 1.29 is 13.9 Å². The van der Waals surface area contributed by atoms with E-state index in [0.717, 1.165) is 30.8 Å². The van der Waals surface area contributed by atoms with E-state index in [4.69, 9.17) is 4.74 Å². The van der Waals surface area contributed by atoms with E-state index in [1.54, 1.807) is 12.1 Å². The van der Waals surface area contributed by atoms with Gasteiger partial charge in [0.1, 0.15) is 11.9 Å². The summed E-state index contributed by atoms with van der Waals surface area (Å²) in [6, 6.07) is 5.90. The molecule has 24 heavy (non-hydrogen) atoms. The first-order valence-corrected chi connectivity index (χ1v) is 8.82. The standard InChI is InChI=1S/C16H19FN4O2S/c1-10(11-4-6-12(17)7-5-11)18-14(22)9-24-16-19-15(20-21-16)13-3-2-8-23-13/h4-7,10,13H,2-3,8-9H2,1H3,(H,18,22)(H,19,20,21)/t10-,13+/m0/s1. The number of amides is 1. The molecular weight excluding hydrogens is 331 g/mol. The second-order valence-corrected chi connectivity index (χ2v) is 6.58. The molecule has 0 spiro atoms. The molecule has 0 radical (unpaired) electrons. The lowest BCUT2D eigenvalue weighted by atomic mass is 10.1. The Labute approximate surface area is 143 Å². The summed E-state index contributed by atoms with van der Waals surface area (Å²) in [5.74, 6) is 0.517. The van der Waals surface area contributed by atoms with Crippen molar-refractivity contribution in [2.45, 2.75) is 37.1 Å². The molecule has 2 aromatic rings. The number of aromatic amines is 1. The molecular formula is C16H19FN4O2S. The van der Waals surface area contributed by atoms with Gasteiger partial charge < -0.3 is 10.1 Å². The number of aromatic nitrogens is 3. The van der Waals surface area contributed by atoms with Crippen molar-refractivity contribution in [2.24, 2.45) is 0 Å². The third-order valence-electron chi connectivity index (χ3n) is 3.80. The van der Waals surface area contributed by atoms with Crippen molar-refractivity contribution in [3.63, 3.8) is 0 Å². The second kappa shape index (κ2) is 7.76. The maximum absolute atomic E-state index is 12.9. The van der Waals surface area contributed by atoms with Crippen LogP contribution in [0.2, 0.25) is 0 Å². The van der Waals surface area contributed by atoms with Crippen molar-refractivity contribution >= 4 is 17.7 Å². The molecule has 2 N–H and O–H groups in total. The number of carbonyl (C=O) groups excluding carboxylic acids is 1. The summed E-state index contributed by atoms with van der Waals surface area (Å²) < 4.78 is 18.5. The van der Waals surface area contributed by atoms with Gasteiger partial charge in [-0.05, 0) is 37.5 Å². The highest BCUT2D eigenvalue weighted by Crippen LogP contribution is 2.26. The van der Waals surface area contributed by atoms with E-state index in [1.807, 2.05) is 6.92 Å². The first-order chi connectivity index (χ1) is 11.6. The van der Waals surface area contributed by atoms with Gasteiger partial charge in [0.2, 0.25) is 11.1 Å². The minimum atomic E-state index is -0.292. The highest BCUT2D eigenvalue weighted by atomic mass is 32.2. The Morgan fingerprint density at radius 1 is 1.50 bits per heavy atom. The van der Waals surface area contributed by atoms with E-state index in [1.165, 1.54) is 23.9 Å². The van der Waals surface area contributed by atoms with Crippen molar-refractivity contribution in [2.75, 3.05) is 12.4 Å². The average molecular weight is 350 g/mol. The number of thioether (sulfide) groups is 1. The SMILES string of the molecule is C[C@H](NC(=O)CSc1n[nH]c([C@H]2CCCO2)n1)c1ccc(F)cc1. The van der Waals surface area contributed by atoms with Gasteiger partial charge in [0.25, 0.3) is 0 Å². The monoisotopic (exact) mass is 350 g/mol. The fraction of sp³-hybridized carbons (Fsp3) is 0.438. The number of rotatable bonds is 6. The number of carbonyl (C=O) groups is 1. The zero-order chi connectivity index (χ0) is 16.9. The fourth-order valence-corrected chi connectivity index (χ4v) is 3.12. The minimum Gasteiger partial charge on any atom is -0.370 e. The lowest BCUT2D eigenvalue weighted by Crippen LogP contribution is -2.28. The van der Waals surface area contributed by atoms with Gasteiger partial charge in [0, 0.05) is 6.61 Å². The zero-order valence-electron chi connectivity index (χ0n) is 13.3. The van der Waals surface area contributed by atoms with Crippen LogP contribution in [0.4, 0.5) is 4.39 Å². The molecule has 2 atom stereocenters. The van der Waals surface area contributed by atoms with Crippen LogP contribution < -0.4 is 5.32 Å². The van der Waals surface area contributed by atoms with Crippen LogP contribution in [0.15, 0.2) is 29.4 Å². The molecule has 128 valence electrons. The first-order valence-electron chi connectivity index (χ1n) is 7.83. The molecule has 1 saturated heterocycles. The number of halogens is 1. The molecule has 1 aliphatic heterocycles. The smallest absolute Gasteiger partial charge is 0.230 e. The normalized spacial score (nSPS) is 18.5. The summed E-state index contributed by atoms with van der Waals surface area (Å²) in [6.45, 7) is 2.61. The molecule has 3 rings (SSSR count). The quantitative estimate of drug-likeness (QED) is 0.783. The van der Waals surface area contributed by atoms with Crippen LogP contribution >= 0.6 is 11.8 Å². The van der Waals surface area contributed by atoms with Gasteiger partial charge >= 0.3 is 0 Å².